The molecule has 0 aliphatic heterocycles. The van der Waals surface area contributed by atoms with Crippen LogP contribution in [0.5, 0.6) is 0 Å². The molecule has 0 amide bonds. The molecule has 1 rings (SSSR count). The first-order chi connectivity index (χ1) is 5.75. The van der Waals surface area contributed by atoms with Crippen molar-refractivity contribution < 1.29 is 4.39 Å². The van der Waals surface area contributed by atoms with Crippen molar-refractivity contribution in [3.8, 4) is 0 Å². The zero-order chi connectivity index (χ0) is 8.97. The molecule has 0 aliphatic carbocycles. The first kappa shape index (κ1) is 9.27. The minimum absolute atomic E-state index is 0.198. The Bertz CT molecular complexity index is 272. The number of hydrogen-bond acceptors (Lipinski definition) is 0. The van der Waals surface area contributed by atoms with E-state index in [0.717, 1.165) is 5.56 Å². The summed E-state index contributed by atoms with van der Waals surface area (Å²) < 4.78 is 13.1. The van der Waals surface area contributed by atoms with E-state index in [0.29, 0.717) is 11.4 Å². The van der Waals surface area contributed by atoms with Gasteiger partial charge in [0.25, 0.3) is 0 Å². The van der Waals surface area contributed by atoms with Crippen molar-refractivity contribution in [3.05, 3.63) is 41.2 Å². The summed E-state index contributed by atoms with van der Waals surface area (Å²) >= 11 is 5.45. The Kier molecular flexibility index (Phi) is 3.30. The Hall–Kier alpha value is -0.820. The maximum Gasteiger partial charge on any atom is 0.130 e. The molecule has 0 unspecified atom stereocenters. The first-order valence-electron chi connectivity index (χ1n) is 3.73. The standard InChI is InChI=1S/C10H10ClF/c1-8-4-2-6-10(12)9(8)5-3-7-11/h2-6H,7H2,1H3. The first-order valence-corrected chi connectivity index (χ1v) is 4.27. The lowest BCUT2D eigenvalue weighted by molar-refractivity contribution is 0.624. The molecule has 64 valence electrons. The van der Waals surface area contributed by atoms with E-state index in [2.05, 4.69) is 0 Å². The van der Waals surface area contributed by atoms with E-state index in [1.165, 1.54) is 6.07 Å². The smallest absolute Gasteiger partial charge is 0.130 e. The van der Waals surface area contributed by atoms with Gasteiger partial charge in [-0.15, -0.1) is 11.6 Å². The van der Waals surface area contributed by atoms with Gasteiger partial charge in [-0.3, -0.25) is 0 Å². The second-order valence-corrected chi connectivity index (χ2v) is 2.84. The summed E-state index contributed by atoms with van der Waals surface area (Å²) in [6.07, 6.45) is 3.44. The molecule has 0 atom stereocenters. The van der Waals surface area contributed by atoms with E-state index in [9.17, 15) is 4.39 Å². The van der Waals surface area contributed by atoms with Crippen molar-refractivity contribution in [2.24, 2.45) is 0 Å². The molecule has 0 aliphatic rings. The number of alkyl halides is 1. The van der Waals surface area contributed by atoms with Crippen LogP contribution in [-0.2, 0) is 0 Å². The highest BCUT2D eigenvalue weighted by Gasteiger charge is 1.99. The highest BCUT2D eigenvalue weighted by atomic mass is 35.5. The van der Waals surface area contributed by atoms with Crippen LogP contribution in [0.25, 0.3) is 6.08 Å². The largest absolute Gasteiger partial charge is 0.206 e. The summed E-state index contributed by atoms with van der Waals surface area (Å²) in [5, 5.41) is 0. The summed E-state index contributed by atoms with van der Waals surface area (Å²) in [5.74, 6) is 0.213. The summed E-state index contributed by atoms with van der Waals surface area (Å²) in [7, 11) is 0. The van der Waals surface area contributed by atoms with Gasteiger partial charge in [0, 0.05) is 11.4 Å². The molecular weight excluding hydrogens is 175 g/mol. The van der Waals surface area contributed by atoms with Gasteiger partial charge < -0.3 is 0 Å². The molecule has 12 heavy (non-hydrogen) atoms. The zero-order valence-corrected chi connectivity index (χ0v) is 7.61. The van der Waals surface area contributed by atoms with Gasteiger partial charge in [0.05, 0.1) is 0 Å². The number of benzene rings is 1. The van der Waals surface area contributed by atoms with Crippen LogP contribution in [0.1, 0.15) is 11.1 Å². The van der Waals surface area contributed by atoms with Gasteiger partial charge in [-0.05, 0) is 18.6 Å². The lowest BCUT2D eigenvalue weighted by Gasteiger charge is -2.00. The van der Waals surface area contributed by atoms with Gasteiger partial charge in [0.1, 0.15) is 5.82 Å². The van der Waals surface area contributed by atoms with Crippen molar-refractivity contribution in [2.75, 3.05) is 5.88 Å². The third-order valence-corrected chi connectivity index (χ3v) is 1.82. The highest BCUT2D eigenvalue weighted by Crippen LogP contribution is 2.13. The number of aryl methyl sites for hydroxylation is 1. The fourth-order valence-electron chi connectivity index (χ4n) is 1.02. The van der Waals surface area contributed by atoms with Crippen LogP contribution in [0.3, 0.4) is 0 Å². The van der Waals surface area contributed by atoms with Crippen LogP contribution in [0.4, 0.5) is 4.39 Å². The van der Waals surface area contributed by atoms with Crippen molar-refractivity contribution in [2.45, 2.75) is 6.92 Å². The van der Waals surface area contributed by atoms with Gasteiger partial charge in [-0.1, -0.05) is 24.3 Å². The lowest BCUT2D eigenvalue weighted by atomic mass is 10.1. The molecule has 2 heteroatoms. The maximum atomic E-state index is 13.1. The normalized spacial score (nSPS) is 10.9. The van der Waals surface area contributed by atoms with Crippen LogP contribution in [-0.4, -0.2) is 5.88 Å². The van der Waals surface area contributed by atoms with Gasteiger partial charge >= 0.3 is 0 Å². The van der Waals surface area contributed by atoms with Crippen molar-refractivity contribution in [1.82, 2.24) is 0 Å². The van der Waals surface area contributed by atoms with Gasteiger partial charge in [-0.25, -0.2) is 4.39 Å². The van der Waals surface area contributed by atoms with E-state index in [4.69, 9.17) is 11.6 Å². The monoisotopic (exact) mass is 184 g/mol. The maximum absolute atomic E-state index is 13.1. The van der Waals surface area contributed by atoms with Gasteiger partial charge in [-0.2, -0.15) is 0 Å². The summed E-state index contributed by atoms with van der Waals surface area (Å²) in [6.45, 7) is 1.87. The summed E-state index contributed by atoms with van der Waals surface area (Å²) in [5.41, 5.74) is 1.55. The van der Waals surface area contributed by atoms with Crippen LogP contribution < -0.4 is 0 Å². The second kappa shape index (κ2) is 4.27. The molecule has 0 bridgehead atoms. The summed E-state index contributed by atoms with van der Waals surface area (Å²) in [6, 6.07) is 5.01. The van der Waals surface area contributed by atoms with Crippen LogP contribution >= 0.6 is 11.6 Å². The molecular formula is C10H10ClF. The van der Waals surface area contributed by atoms with Crippen LogP contribution in [0.15, 0.2) is 24.3 Å². The molecule has 0 nitrogen and oxygen atoms in total. The molecule has 1 aromatic carbocycles. The molecule has 0 N–H and O–H groups in total. The quantitative estimate of drug-likeness (QED) is 0.619. The number of allylic oxidation sites excluding steroid dienone is 1. The van der Waals surface area contributed by atoms with E-state index in [-0.39, 0.29) is 5.82 Å². The minimum Gasteiger partial charge on any atom is -0.206 e. The zero-order valence-electron chi connectivity index (χ0n) is 6.85. The van der Waals surface area contributed by atoms with Crippen molar-refractivity contribution in [1.29, 1.82) is 0 Å². The van der Waals surface area contributed by atoms with Crippen molar-refractivity contribution >= 4 is 17.7 Å². The molecule has 0 heterocycles. The highest BCUT2D eigenvalue weighted by molar-refractivity contribution is 6.19. The van der Waals surface area contributed by atoms with E-state index in [1.54, 1.807) is 18.2 Å². The predicted molar refractivity (Wildman–Crippen MR) is 50.9 cm³/mol. The molecule has 0 spiro atoms. The lowest BCUT2D eigenvalue weighted by Crippen LogP contribution is -1.85. The van der Waals surface area contributed by atoms with E-state index in [1.807, 2.05) is 13.0 Å². The number of hydrogen-bond donors (Lipinski definition) is 0. The Labute approximate surface area is 76.7 Å². The minimum atomic E-state index is -0.198. The van der Waals surface area contributed by atoms with E-state index < -0.39 is 0 Å². The Morgan fingerprint density at radius 3 is 2.83 bits per heavy atom. The van der Waals surface area contributed by atoms with Crippen molar-refractivity contribution in [3.63, 3.8) is 0 Å². The van der Waals surface area contributed by atoms with Crippen LogP contribution in [0, 0.1) is 12.7 Å². The van der Waals surface area contributed by atoms with Gasteiger partial charge in [0.2, 0.25) is 0 Å². The Morgan fingerprint density at radius 1 is 1.50 bits per heavy atom. The molecule has 0 aromatic heterocycles. The second-order valence-electron chi connectivity index (χ2n) is 2.53. The number of halogens is 2. The Balaban J connectivity index is 3.04. The number of rotatable bonds is 2. The van der Waals surface area contributed by atoms with Gasteiger partial charge in [0.15, 0.2) is 0 Å². The summed E-state index contributed by atoms with van der Waals surface area (Å²) in [4.78, 5) is 0. The molecule has 1 aromatic rings. The SMILES string of the molecule is Cc1cccc(F)c1C=CCCl. The fraction of sp³-hybridized carbons (Fsp3) is 0.200. The molecule has 0 fully saturated rings. The van der Waals surface area contributed by atoms with E-state index >= 15 is 0 Å². The third kappa shape index (κ3) is 2.08. The topological polar surface area (TPSA) is 0 Å². The molecule has 0 saturated heterocycles. The third-order valence-electron chi connectivity index (χ3n) is 1.64. The molecule has 0 radical (unpaired) electrons. The van der Waals surface area contributed by atoms with Crippen LogP contribution in [0.2, 0.25) is 0 Å². The predicted octanol–water partition coefficient (Wildman–Crippen LogP) is 3.39. The average Bonchev–Trinajstić information content (AvgIpc) is 2.04. The molecule has 0 saturated carbocycles. The Morgan fingerprint density at radius 2 is 2.25 bits per heavy atom. The fourth-order valence-corrected chi connectivity index (χ4v) is 1.11. The average molecular weight is 185 g/mol.